The second-order valence-corrected chi connectivity index (χ2v) is 19.2. The summed E-state index contributed by atoms with van der Waals surface area (Å²) in [6.07, 6.45) is 0. The normalized spacial score (nSPS) is 12.0. The highest BCUT2D eigenvalue weighted by molar-refractivity contribution is 7.19. The zero-order valence-electron chi connectivity index (χ0n) is 32.7. The highest BCUT2D eigenvalue weighted by atomic mass is 28.3. The summed E-state index contributed by atoms with van der Waals surface area (Å²) in [7, 11) is -3.07. The molecule has 282 valence electrons. The van der Waals surface area contributed by atoms with E-state index in [2.05, 4.69) is 244 Å². The zero-order valence-corrected chi connectivity index (χ0v) is 33.7. The maximum Gasteiger partial charge on any atom is 0.224 e. The molecule has 3 heterocycles. The molecule has 5 heteroatoms. The van der Waals surface area contributed by atoms with Gasteiger partial charge < -0.3 is 9.13 Å². The van der Waals surface area contributed by atoms with Crippen molar-refractivity contribution in [2.24, 2.45) is 0 Å². The van der Waals surface area contributed by atoms with Gasteiger partial charge in [-0.25, -0.2) is 4.98 Å². The van der Waals surface area contributed by atoms with E-state index in [-0.39, 0.29) is 0 Å². The largest absolute Gasteiger partial charge is 0.309 e. The SMILES string of the molecule is c1ccc(-n2c([Si](c3ccccc3)(c3ccccc3)c3ccccc3)nc3cccc(-n4c5ccccc5c5cc(-n6c7ccccc7c7ccccc76)ccc54)c32)cc1. The Morgan fingerprint density at radius 1 is 0.317 bits per heavy atom. The predicted octanol–water partition coefficient (Wildman–Crippen LogP) is 10.6. The molecule has 3 aromatic heterocycles. The Labute approximate surface area is 348 Å². The molecule has 12 rings (SSSR count). The topological polar surface area (TPSA) is 27.7 Å². The minimum absolute atomic E-state index is 0.957. The van der Waals surface area contributed by atoms with E-state index in [0.29, 0.717) is 0 Å². The summed E-state index contributed by atoms with van der Waals surface area (Å²) in [5.74, 6) is 0. The van der Waals surface area contributed by atoms with E-state index < -0.39 is 8.07 Å². The van der Waals surface area contributed by atoms with Gasteiger partial charge in [-0.2, -0.15) is 0 Å². The van der Waals surface area contributed by atoms with E-state index in [9.17, 15) is 0 Å². The van der Waals surface area contributed by atoms with Crippen LogP contribution in [-0.4, -0.2) is 26.8 Å². The van der Waals surface area contributed by atoms with Gasteiger partial charge in [0.25, 0.3) is 0 Å². The van der Waals surface area contributed by atoms with Crippen LogP contribution in [0.25, 0.3) is 71.7 Å². The van der Waals surface area contributed by atoms with Crippen molar-refractivity contribution < 1.29 is 0 Å². The highest BCUT2D eigenvalue weighted by Gasteiger charge is 2.46. The minimum Gasteiger partial charge on any atom is -0.309 e. The smallest absolute Gasteiger partial charge is 0.224 e. The number of rotatable bonds is 7. The molecule has 0 spiro atoms. The lowest BCUT2D eigenvalue weighted by Gasteiger charge is -2.33. The molecule has 0 amide bonds. The first-order chi connectivity index (χ1) is 29.8. The Bertz CT molecular complexity index is 3380. The van der Waals surface area contributed by atoms with Crippen molar-refractivity contribution in [2.45, 2.75) is 0 Å². The third-order valence-corrected chi connectivity index (χ3v) is 17.0. The van der Waals surface area contributed by atoms with Crippen LogP contribution in [0.5, 0.6) is 0 Å². The summed E-state index contributed by atoms with van der Waals surface area (Å²) in [4.78, 5) is 5.84. The molecule has 0 unspecified atom stereocenters. The second-order valence-electron chi connectivity index (χ2n) is 15.5. The zero-order chi connectivity index (χ0) is 39.6. The van der Waals surface area contributed by atoms with E-state index in [0.717, 1.165) is 44.6 Å². The van der Waals surface area contributed by atoms with Crippen molar-refractivity contribution in [3.8, 4) is 17.1 Å². The molecule has 0 aliphatic rings. The van der Waals surface area contributed by atoms with Gasteiger partial charge in [-0.3, -0.25) is 4.57 Å². The van der Waals surface area contributed by atoms with E-state index in [4.69, 9.17) is 4.98 Å². The molecule has 0 atom stereocenters. The molecular formula is C55H38N4Si. The van der Waals surface area contributed by atoms with Crippen molar-refractivity contribution in [1.29, 1.82) is 0 Å². The van der Waals surface area contributed by atoms with Gasteiger partial charge in [0.05, 0.1) is 38.8 Å². The van der Waals surface area contributed by atoms with Crippen LogP contribution in [0.4, 0.5) is 0 Å². The Morgan fingerprint density at radius 3 is 1.32 bits per heavy atom. The molecule has 60 heavy (non-hydrogen) atoms. The monoisotopic (exact) mass is 782 g/mol. The van der Waals surface area contributed by atoms with Crippen LogP contribution in [0.1, 0.15) is 0 Å². The Balaban J connectivity index is 1.19. The number of nitrogens with zero attached hydrogens (tertiary/aromatic N) is 4. The van der Waals surface area contributed by atoms with Crippen LogP contribution in [0.3, 0.4) is 0 Å². The lowest BCUT2D eigenvalue weighted by molar-refractivity contribution is 1.11. The fourth-order valence-corrected chi connectivity index (χ4v) is 14.6. The molecule has 12 aromatic rings. The molecule has 4 nitrogen and oxygen atoms in total. The fraction of sp³-hybridized carbons (Fsp3) is 0. The molecule has 0 bridgehead atoms. The molecule has 0 N–H and O–H groups in total. The van der Waals surface area contributed by atoms with Gasteiger partial charge >= 0.3 is 0 Å². The number of hydrogen-bond acceptors (Lipinski definition) is 1. The maximum atomic E-state index is 5.84. The third-order valence-electron chi connectivity index (χ3n) is 12.4. The van der Waals surface area contributed by atoms with Crippen LogP contribution in [0.15, 0.2) is 231 Å². The van der Waals surface area contributed by atoms with Crippen molar-refractivity contribution in [1.82, 2.24) is 18.7 Å². The van der Waals surface area contributed by atoms with Gasteiger partial charge in [-0.15, -0.1) is 0 Å². The summed E-state index contributed by atoms with van der Waals surface area (Å²) in [5, 5.41) is 8.78. The second kappa shape index (κ2) is 13.7. The Hall–Kier alpha value is -7.73. The van der Waals surface area contributed by atoms with E-state index >= 15 is 0 Å². The van der Waals surface area contributed by atoms with Gasteiger partial charge in [0.1, 0.15) is 5.45 Å². The van der Waals surface area contributed by atoms with E-state index in [1.54, 1.807) is 0 Å². The lowest BCUT2D eigenvalue weighted by atomic mass is 10.1. The lowest BCUT2D eigenvalue weighted by Crippen LogP contribution is -2.76. The number of fused-ring (bicyclic) bond motifs is 7. The first-order valence-corrected chi connectivity index (χ1v) is 22.6. The molecule has 0 radical (unpaired) electrons. The molecule has 0 saturated heterocycles. The van der Waals surface area contributed by atoms with Crippen LogP contribution in [0.2, 0.25) is 0 Å². The van der Waals surface area contributed by atoms with E-state index in [1.165, 1.54) is 48.1 Å². The number of hydrogen-bond donors (Lipinski definition) is 0. The number of para-hydroxylation sites is 5. The van der Waals surface area contributed by atoms with Crippen LogP contribution in [-0.2, 0) is 0 Å². The minimum atomic E-state index is -3.07. The molecule has 0 saturated carbocycles. The Morgan fingerprint density at radius 2 is 0.767 bits per heavy atom. The average Bonchev–Trinajstić information content (AvgIpc) is 3.99. The van der Waals surface area contributed by atoms with Crippen LogP contribution in [0, 0.1) is 0 Å². The van der Waals surface area contributed by atoms with Gasteiger partial charge in [0, 0.05) is 32.9 Å². The highest BCUT2D eigenvalue weighted by Crippen LogP contribution is 2.38. The summed E-state index contributed by atoms with van der Waals surface area (Å²) < 4.78 is 7.36. The number of imidazole rings is 1. The standard InChI is InChI=1S/C55H38N4Si/c1-5-20-39(21-6-1)58-54-48(56-55(58)60(41-22-7-2-8-23-41,42-24-9-3-10-25-42)43-26-11-4-12-27-43)31-19-35-53(54)59-51-34-18-15-30-46(51)47-38-40(36-37-52(47)59)57-49-32-16-13-28-44(49)45-29-14-17-33-50(45)57/h1-38H. The summed E-state index contributed by atoms with van der Waals surface area (Å²) in [6.45, 7) is 0. The molecule has 0 aliphatic heterocycles. The van der Waals surface area contributed by atoms with Gasteiger partial charge in [0.15, 0.2) is 0 Å². The average molecular weight is 783 g/mol. The van der Waals surface area contributed by atoms with Crippen molar-refractivity contribution in [3.63, 3.8) is 0 Å². The van der Waals surface area contributed by atoms with Gasteiger partial charge in [-0.1, -0.05) is 170 Å². The Kier molecular flexibility index (Phi) is 7.83. The summed E-state index contributed by atoms with van der Waals surface area (Å²) in [5.41, 5.74) is 11.1. The van der Waals surface area contributed by atoms with Gasteiger partial charge in [0.2, 0.25) is 8.07 Å². The first kappa shape index (κ1) is 34.3. The molecular weight excluding hydrogens is 745 g/mol. The third kappa shape index (κ3) is 5.00. The summed E-state index contributed by atoms with van der Waals surface area (Å²) in [6, 6.07) is 84.0. The molecule has 0 fully saturated rings. The number of benzene rings is 9. The molecule has 0 aliphatic carbocycles. The quantitative estimate of drug-likeness (QED) is 0.117. The van der Waals surface area contributed by atoms with Crippen molar-refractivity contribution in [2.75, 3.05) is 0 Å². The van der Waals surface area contributed by atoms with Crippen LogP contribution >= 0.6 is 0 Å². The first-order valence-electron chi connectivity index (χ1n) is 20.6. The number of aromatic nitrogens is 4. The van der Waals surface area contributed by atoms with Gasteiger partial charge in [-0.05, 0) is 76.2 Å². The maximum absolute atomic E-state index is 5.84. The van der Waals surface area contributed by atoms with Crippen molar-refractivity contribution >= 4 is 83.7 Å². The summed E-state index contributed by atoms with van der Waals surface area (Å²) >= 11 is 0. The molecule has 9 aromatic carbocycles. The van der Waals surface area contributed by atoms with Crippen molar-refractivity contribution in [3.05, 3.63) is 231 Å². The van der Waals surface area contributed by atoms with E-state index in [1.807, 2.05) is 0 Å². The predicted molar refractivity (Wildman–Crippen MR) is 253 cm³/mol. The fourth-order valence-electron chi connectivity index (χ4n) is 9.88. The van der Waals surface area contributed by atoms with Crippen LogP contribution < -0.4 is 21.0 Å².